The molecule has 0 aliphatic heterocycles. The molecule has 0 aromatic carbocycles. The molecule has 0 amide bonds. The van der Waals surface area contributed by atoms with E-state index in [4.69, 9.17) is 29.5 Å². The van der Waals surface area contributed by atoms with Gasteiger partial charge >= 0.3 is 5.97 Å². The summed E-state index contributed by atoms with van der Waals surface area (Å²) in [5, 5.41) is 20.2. The fourth-order valence-electron chi connectivity index (χ4n) is 3.12. The number of hydrogen-bond donors (Lipinski definition) is 4. The molecule has 0 rings (SSSR count). The standard InChI is InChI=1S/C26H58N4O6Si2/c1-25(2,3)37(7,8)35-20-18-33-16-14-30(22(23(31)32)12-11-13-29-24(27)28)15-17-34-19-21-36-38(9,10)26(4,5)6/h22H,11-21H2,1-10H3,(H,31,32)(H4,27,28,29). The second-order valence-corrected chi connectivity index (χ2v) is 22.4. The van der Waals surface area contributed by atoms with Crippen LogP contribution in [0.4, 0.5) is 0 Å². The van der Waals surface area contributed by atoms with Gasteiger partial charge in [-0.05, 0) is 49.1 Å². The number of carbonyl (C=O) groups is 1. The topological polar surface area (TPSA) is 139 Å². The number of carboxylic acid groups (broad SMARTS) is 1. The van der Waals surface area contributed by atoms with Gasteiger partial charge in [0.15, 0.2) is 22.6 Å². The lowest BCUT2D eigenvalue weighted by Gasteiger charge is -2.36. The highest BCUT2D eigenvalue weighted by atomic mass is 28.4. The maximum atomic E-state index is 12.1. The van der Waals surface area contributed by atoms with Crippen LogP contribution in [0.25, 0.3) is 0 Å². The first-order chi connectivity index (χ1) is 17.3. The summed E-state index contributed by atoms with van der Waals surface area (Å²) in [7, 11) is -3.64. The minimum absolute atomic E-state index is 0.115. The molecule has 0 radical (unpaired) electrons. The van der Waals surface area contributed by atoms with Crippen LogP contribution in [0.3, 0.4) is 0 Å². The second kappa shape index (κ2) is 16.9. The first kappa shape index (κ1) is 37.0. The van der Waals surface area contributed by atoms with E-state index in [1.54, 1.807) is 0 Å². The molecule has 1 unspecified atom stereocenters. The Morgan fingerprint density at radius 3 is 1.63 bits per heavy atom. The molecular formula is C26H58N4O6Si2. The second-order valence-electron chi connectivity index (χ2n) is 12.8. The molecule has 10 nitrogen and oxygen atoms in total. The van der Waals surface area contributed by atoms with Gasteiger partial charge in [0.2, 0.25) is 0 Å². The molecule has 0 aliphatic carbocycles. The van der Waals surface area contributed by atoms with Gasteiger partial charge in [-0.3, -0.25) is 15.1 Å². The Morgan fingerprint density at radius 2 is 1.29 bits per heavy atom. The summed E-state index contributed by atoms with van der Waals surface area (Å²) in [6.45, 7) is 26.3. The number of carboxylic acids is 1. The average molecular weight is 579 g/mol. The van der Waals surface area contributed by atoms with Crippen molar-refractivity contribution in [2.24, 2.45) is 5.73 Å². The van der Waals surface area contributed by atoms with Crippen LogP contribution in [0.2, 0.25) is 36.3 Å². The molecule has 5 N–H and O–H groups in total. The molecule has 1 atom stereocenters. The molecule has 0 heterocycles. The van der Waals surface area contributed by atoms with Gasteiger partial charge in [-0.2, -0.15) is 0 Å². The van der Waals surface area contributed by atoms with Crippen molar-refractivity contribution in [2.75, 3.05) is 59.3 Å². The van der Waals surface area contributed by atoms with E-state index in [2.05, 4.69) is 73.0 Å². The minimum Gasteiger partial charge on any atom is -0.480 e. The molecule has 0 saturated heterocycles. The van der Waals surface area contributed by atoms with Crippen LogP contribution in [0.15, 0.2) is 0 Å². The fraction of sp³-hybridized carbons (Fsp3) is 0.923. The monoisotopic (exact) mass is 578 g/mol. The average Bonchev–Trinajstić information content (AvgIpc) is 2.75. The van der Waals surface area contributed by atoms with Crippen molar-refractivity contribution in [3.63, 3.8) is 0 Å². The zero-order valence-corrected chi connectivity index (χ0v) is 27.9. The van der Waals surface area contributed by atoms with Gasteiger partial charge in [0, 0.05) is 19.6 Å². The molecule has 0 saturated carbocycles. The highest BCUT2D eigenvalue weighted by molar-refractivity contribution is 6.74. The molecule has 0 spiro atoms. The van der Waals surface area contributed by atoms with Gasteiger partial charge in [0.25, 0.3) is 0 Å². The van der Waals surface area contributed by atoms with Crippen LogP contribution in [0.1, 0.15) is 54.4 Å². The van der Waals surface area contributed by atoms with Gasteiger partial charge in [-0.15, -0.1) is 0 Å². The zero-order chi connectivity index (χ0) is 29.6. The van der Waals surface area contributed by atoms with Crippen molar-refractivity contribution in [3.8, 4) is 0 Å². The molecule has 0 aromatic rings. The third-order valence-corrected chi connectivity index (χ3v) is 16.8. The van der Waals surface area contributed by atoms with E-state index in [9.17, 15) is 9.90 Å². The van der Waals surface area contributed by atoms with E-state index in [0.29, 0.717) is 72.1 Å². The summed E-state index contributed by atoms with van der Waals surface area (Å²) in [5.74, 6) is -0.995. The predicted octanol–water partition coefficient (Wildman–Crippen LogP) is 4.08. The Bertz CT molecular complexity index is 658. The number of ether oxygens (including phenoxy) is 2. The first-order valence-electron chi connectivity index (χ1n) is 13.8. The Balaban J connectivity index is 4.81. The SMILES string of the molecule is CC(C)(C)[Si](C)(C)OCCOCCN(CCOCCO[Si](C)(C)C(C)(C)C)C(CCCNC(=N)N)C(=O)O. The van der Waals surface area contributed by atoms with Crippen LogP contribution in [-0.4, -0.2) is 104 Å². The van der Waals surface area contributed by atoms with Gasteiger partial charge in [0.05, 0.1) is 39.6 Å². The fourth-order valence-corrected chi connectivity index (χ4v) is 5.17. The van der Waals surface area contributed by atoms with Gasteiger partial charge in [-0.25, -0.2) is 0 Å². The molecule has 38 heavy (non-hydrogen) atoms. The molecule has 226 valence electrons. The van der Waals surface area contributed by atoms with Crippen LogP contribution < -0.4 is 11.1 Å². The predicted molar refractivity (Wildman–Crippen MR) is 160 cm³/mol. The number of aliphatic carboxylic acids is 1. The number of nitrogens with zero attached hydrogens (tertiary/aromatic N) is 1. The third-order valence-electron chi connectivity index (χ3n) is 7.73. The van der Waals surface area contributed by atoms with E-state index in [-0.39, 0.29) is 16.0 Å². The summed E-state index contributed by atoms with van der Waals surface area (Å²) < 4.78 is 24.0. The van der Waals surface area contributed by atoms with Crippen molar-refractivity contribution >= 4 is 28.6 Å². The van der Waals surface area contributed by atoms with E-state index in [1.807, 2.05) is 4.90 Å². The van der Waals surface area contributed by atoms with Crippen LogP contribution in [0, 0.1) is 5.41 Å². The van der Waals surface area contributed by atoms with Crippen LogP contribution in [-0.2, 0) is 23.1 Å². The minimum atomic E-state index is -1.82. The maximum Gasteiger partial charge on any atom is 0.320 e. The summed E-state index contributed by atoms with van der Waals surface area (Å²) in [5.41, 5.74) is 5.34. The Labute approximate surface area is 234 Å². The Morgan fingerprint density at radius 1 is 0.868 bits per heavy atom. The number of nitrogens with one attached hydrogen (secondary N) is 2. The van der Waals surface area contributed by atoms with Gasteiger partial charge < -0.3 is 34.5 Å². The summed E-state index contributed by atoms with van der Waals surface area (Å²) in [6.07, 6.45) is 1.01. The highest BCUT2D eigenvalue weighted by Crippen LogP contribution is 2.37. The van der Waals surface area contributed by atoms with Crippen molar-refractivity contribution in [3.05, 3.63) is 0 Å². The summed E-state index contributed by atoms with van der Waals surface area (Å²) in [4.78, 5) is 14.0. The smallest absolute Gasteiger partial charge is 0.320 e. The number of guanidine groups is 1. The third kappa shape index (κ3) is 14.9. The molecular weight excluding hydrogens is 520 g/mol. The lowest BCUT2D eigenvalue weighted by atomic mass is 10.1. The normalized spacial score (nSPS) is 14.1. The number of hydrogen-bond acceptors (Lipinski definition) is 7. The molecule has 12 heteroatoms. The van der Waals surface area contributed by atoms with E-state index >= 15 is 0 Å². The van der Waals surface area contributed by atoms with Crippen molar-refractivity contribution in [1.82, 2.24) is 10.2 Å². The highest BCUT2D eigenvalue weighted by Gasteiger charge is 2.37. The van der Waals surface area contributed by atoms with Gasteiger partial charge in [0.1, 0.15) is 6.04 Å². The van der Waals surface area contributed by atoms with Crippen LogP contribution in [0.5, 0.6) is 0 Å². The first-order valence-corrected chi connectivity index (χ1v) is 19.6. The summed E-state index contributed by atoms with van der Waals surface area (Å²) in [6, 6.07) is -0.678. The molecule has 0 bridgehead atoms. The van der Waals surface area contributed by atoms with E-state index in [0.717, 1.165) is 0 Å². The van der Waals surface area contributed by atoms with Crippen molar-refractivity contribution < 1.29 is 28.2 Å². The summed E-state index contributed by atoms with van der Waals surface area (Å²) >= 11 is 0. The van der Waals surface area contributed by atoms with Crippen molar-refractivity contribution in [1.29, 1.82) is 5.41 Å². The number of nitrogens with two attached hydrogens (primary N) is 1. The van der Waals surface area contributed by atoms with Crippen molar-refractivity contribution in [2.45, 2.75) is 96.7 Å². The van der Waals surface area contributed by atoms with Crippen LogP contribution >= 0.6 is 0 Å². The molecule has 0 aromatic heterocycles. The Hall–Kier alpha value is -1.03. The van der Waals surface area contributed by atoms with E-state index < -0.39 is 28.6 Å². The molecule has 0 aliphatic rings. The lowest BCUT2D eigenvalue weighted by molar-refractivity contribution is -0.144. The largest absolute Gasteiger partial charge is 0.480 e. The molecule has 0 fully saturated rings. The Kier molecular flexibility index (Phi) is 16.5. The van der Waals surface area contributed by atoms with Gasteiger partial charge in [-0.1, -0.05) is 41.5 Å². The van der Waals surface area contributed by atoms with E-state index in [1.165, 1.54) is 0 Å². The quantitative estimate of drug-likeness (QED) is 0.0728. The lowest BCUT2D eigenvalue weighted by Crippen LogP contribution is -2.45. The maximum absolute atomic E-state index is 12.1. The zero-order valence-electron chi connectivity index (χ0n) is 25.9. The number of rotatable bonds is 20.